The molecule has 3 rings (SSSR count). The lowest BCUT2D eigenvalue weighted by Gasteiger charge is -2.15. The Morgan fingerprint density at radius 2 is 1.86 bits per heavy atom. The SMILES string of the molecule is CNCCc1ccc(S(=O)(=O)NCC2(C3CC3)CC2)cc1. The summed E-state index contributed by atoms with van der Waals surface area (Å²) in [7, 11) is -1.45. The summed E-state index contributed by atoms with van der Waals surface area (Å²) < 4.78 is 27.5. The van der Waals surface area contributed by atoms with Crippen molar-refractivity contribution < 1.29 is 8.42 Å². The molecule has 0 radical (unpaired) electrons. The van der Waals surface area contributed by atoms with Gasteiger partial charge in [0.05, 0.1) is 4.90 Å². The topological polar surface area (TPSA) is 58.2 Å². The van der Waals surface area contributed by atoms with E-state index in [1.165, 1.54) is 25.7 Å². The van der Waals surface area contributed by atoms with Crippen LogP contribution in [0.5, 0.6) is 0 Å². The highest BCUT2D eigenvalue weighted by molar-refractivity contribution is 7.89. The van der Waals surface area contributed by atoms with Crippen molar-refractivity contribution in [3.63, 3.8) is 0 Å². The maximum atomic E-state index is 12.4. The van der Waals surface area contributed by atoms with Gasteiger partial charge in [-0.25, -0.2) is 13.1 Å². The van der Waals surface area contributed by atoms with Crippen LogP contribution in [0.25, 0.3) is 0 Å². The van der Waals surface area contributed by atoms with Gasteiger partial charge in [-0.1, -0.05) is 12.1 Å². The lowest BCUT2D eigenvalue weighted by molar-refractivity contribution is 0.432. The van der Waals surface area contributed by atoms with Crippen LogP contribution in [-0.2, 0) is 16.4 Å². The van der Waals surface area contributed by atoms with Crippen LogP contribution in [-0.4, -0.2) is 28.6 Å². The number of sulfonamides is 1. The Kier molecular flexibility index (Phi) is 4.08. The van der Waals surface area contributed by atoms with Gasteiger partial charge in [-0.05, 0) is 74.7 Å². The molecule has 0 bridgehead atoms. The fraction of sp³-hybridized carbons (Fsp3) is 0.625. The van der Waals surface area contributed by atoms with Crippen molar-refractivity contribution in [1.29, 1.82) is 0 Å². The molecule has 2 aliphatic carbocycles. The fourth-order valence-corrected chi connectivity index (χ4v) is 4.15. The van der Waals surface area contributed by atoms with Crippen LogP contribution in [0.1, 0.15) is 31.2 Å². The highest BCUT2D eigenvalue weighted by Gasteiger charge is 2.53. The second-order valence-corrected chi connectivity index (χ2v) is 8.23. The third-order valence-corrected chi connectivity index (χ3v) is 6.26. The molecule has 2 N–H and O–H groups in total. The molecule has 0 unspecified atom stereocenters. The molecule has 0 spiro atoms. The number of likely N-dealkylation sites (N-methyl/N-ethyl adjacent to an activating group) is 1. The molecule has 4 nitrogen and oxygen atoms in total. The van der Waals surface area contributed by atoms with Crippen molar-refractivity contribution in [2.24, 2.45) is 11.3 Å². The first-order chi connectivity index (χ1) is 10.1. The number of benzene rings is 1. The van der Waals surface area contributed by atoms with Crippen LogP contribution in [0.15, 0.2) is 29.2 Å². The third kappa shape index (κ3) is 3.47. The van der Waals surface area contributed by atoms with E-state index in [4.69, 9.17) is 0 Å². The Morgan fingerprint density at radius 1 is 1.19 bits per heavy atom. The van der Waals surface area contributed by atoms with Crippen molar-refractivity contribution >= 4 is 10.0 Å². The van der Waals surface area contributed by atoms with Crippen LogP contribution < -0.4 is 10.0 Å². The molecule has 2 fully saturated rings. The minimum absolute atomic E-state index is 0.291. The Balaban J connectivity index is 1.61. The van der Waals surface area contributed by atoms with Gasteiger partial charge in [-0.15, -0.1) is 0 Å². The van der Waals surface area contributed by atoms with Crippen LogP contribution in [0, 0.1) is 11.3 Å². The first-order valence-electron chi connectivity index (χ1n) is 7.79. The molecule has 1 aromatic carbocycles. The van der Waals surface area contributed by atoms with Gasteiger partial charge in [0.15, 0.2) is 0 Å². The van der Waals surface area contributed by atoms with E-state index in [1.54, 1.807) is 12.1 Å². The summed E-state index contributed by atoms with van der Waals surface area (Å²) in [6.45, 7) is 1.51. The van der Waals surface area contributed by atoms with E-state index in [-0.39, 0.29) is 0 Å². The minimum atomic E-state index is -3.36. The zero-order valence-electron chi connectivity index (χ0n) is 12.6. The monoisotopic (exact) mass is 308 g/mol. The second kappa shape index (κ2) is 5.71. The molecule has 0 heterocycles. The van der Waals surface area contributed by atoms with Crippen molar-refractivity contribution in [2.45, 2.75) is 37.0 Å². The highest BCUT2D eigenvalue weighted by atomic mass is 32.2. The summed E-state index contributed by atoms with van der Waals surface area (Å²) in [5, 5.41) is 3.09. The molecule has 0 saturated heterocycles. The van der Waals surface area contributed by atoms with Gasteiger partial charge in [-0.3, -0.25) is 0 Å². The average Bonchev–Trinajstić information content (AvgIpc) is 3.36. The van der Waals surface area contributed by atoms with Crippen LogP contribution in [0.2, 0.25) is 0 Å². The molecule has 5 heteroatoms. The lowest BCUT2D eigenvalue weighted by atomic mass is 10.0. The normalized spacial score (nSPS) is 20.4. The zero-order chi connectivity index (χ0) is 14.9. The van der Waals surface area contributed by atoms with E-state index in [9.17, 15) is 8.42 Å². The molecule has 0 aliphatic heterocycles. The van der Waals surface area contributed by atoms with Gasteiger partial charge in [0.25, 0.3) is 0 Å². The van der Waals surface area contributed by atoms with E-state index in [0.29, 0.717) is 16.9 Å². The maximum Gasteiger partial charge on any atom is 0.240 e. The summed E-state index contributed by atoms with van der Waals surface area (Å²) in [5.74, 6) is 0.768. The van der Waals surface area contributed by atoms with E-state index in [2.05, 4.69) is 10.0 Å². The van der Waals surface area contributed by atoms with Crippen molar-refractivity contribution in [1.82, 2.24) is 10.0 Å². The Bertz CT molecular complexity index is 587. The Morgan fingerprint density at radius 3 is 2.38 bits per heavy atom. The van der Waals surface area contributed by atoms with E-state index >= 15 is 0 Å². The van der Waals surface area contributed by atoms with Gasteiger partial charge in [-0.2, -0.15) is 0 Å². The van der Waals surface area contributed by atoms with E-state index < -0.39 is 10.0 Å². The molecule has 116 valence electrons. The molecule has 21 heavy (non-hydrogen) atoms. The fourth-order valence-electron chi connectivity index (χ4n) is 3.01. The summed E-state index contributed by atoms with van der Waals surface area (Å²) in [6.07, 6.45) is 5.84. The first-order valence-corrected chi connectivity index (χ1v) is 9.27. The average molecular weight is 308 g/mol. The molecule has 2 aliphatic rings. The van der Waals surface area contributed by atoms with Crippen LogP contribution in [0.3, 0.4) is 0 Å². The number of rotatable bonds is 8. The van der Waals surface area contributed by atoms with Crippen LogP contribution >= 0.6 is 0 Å². The number of hydrogen-bond donors (Lipinski definition) is 2. The third-order valence-electron chi connectivity index (χ3n) is 4.85. The van der Waals surface area contributed by atoms with Gasteiger partial charge in [0.1, 0.15) is 0 Å². The maximum absolute atomic E-state index is 12.4. The van der Waals surface area contributed by atoms with Gasteiger partial charge in [0.2, 0.25) is 10.0 Å². The van der Waals surface area contributed by atoms with Gasteiger partial charge in [0, 0.05) is 6.54 Å². The Hall–Kier alpha value is -0.910. The van der Waals surface area contributed by atoms with E-state index in [0.717, 1.165) is 24.4 Å². The summed E-state index contributed by atoms with van der Waals surface area (Å²) >= 11 is 0. The summed E-state index contributed by atoms with van der Waals surface area (Å²) in [4.78, 5) is 0.377. The largest absolute Gasteiger partial charge is 0.319 e. The van der Waals surface area contributed by atoms with Gasteiger partial charge < -0.3 is 5.32 Å². The predicted molar refractivity (Wildman–Crippen MR) is 83.7 cm³/mol. The first kappa shape index (κ1) is 15.0. The van der Waals surface area contributed by atoms with Gasteiger partial charge >= 0.3 is 0 Å². The van der Waals surface area contributed by atoms with Crippen molar-refractivity contribution in [2.75, 3.05) is 20.1 Å². The number of nitrogens with one attached hydrogen (secondary N) is 2. The summed E-state index contributed by atoms with van der Waals surface area (Å²) in [5.41, 5.74) is 1.44. The summed E-state index contributed by atoms with van der Waals surface area (Å²) in [6, 6.07) is 7.23. The molecule has 2 saturated carbocycles. The minimum Gasteiger partial charge on any atom is -0.319 e. The molecule has 1 aromatic rings. The lowest BCUT2D eigenvalue weighted by Crippen LogP contribution is -2.31. The molecule has 0 aromatic heterocycles. The van der Waals surface area contributed by atoms with E-state index in [1.807, 2.05) is 19.2 Å². The quantitative estimate of drug-likeness (QED) is 0.771. The molecular weight excluding hydrogens is 284 g/mol. The van der Waals surface area contributed by atoms with Crippen molar-refractivity contribution in [3.8, 4) is 0 Å². The molecule has 0 atom stereocenters. The second-order valence-electron chi connectivity index (χ2n) is 6.46. The number of hydrogen-bond acceptors (Lipinski definition) is 3. The standard InChI is InChI=1S/C16H24N2O2S/c1-17-11-8-13-2-6-15(7-3-13)21(19,20)18-12-16(9-10-16)14-4-5-14/h2-3,6-7,14,17-18H,4-5,8-12H2,1H3. The zero-order valence-corrected chi connectivity index (χ0v) is 13.4. The molecule has 0 amide bonds. The smallest absolute Gasteiger partial charge is 0.240 e. The Labute approximate surface area is 127 Å². The predicted octanol–water partition coefficient (Wildman–Crippen LogP) is 1.92. The molecular formula is C16H24N2O2S. The van der Waals surface area contributed by atoms with Crippen LogP contribution in [0.4, 0.5) is 0 Å². The van der Waals surface area contributed by atoms with Crippen molar-refractivity contribution in [3.05, 3.63) is 29.8 Å². The highest BCUT2D eigenvalue weighted by Crippen LogP contribution is 2.60.